The van der Waals surface area contributed by atoms with Crippen molar-refractivity contribution in [2.45, 2.75) is 13.8 Å². The normalized spacial score (nSPS) is 9.79. The van der Waals surface area contributed by atoms with Gasteiger partial charge in [0, 0.05) is 76.5 Å². The summed E-state index contributed by atoms with van der Waals surface area (Å²) in [5.41, 5.74) is 2.76. The molecule has 3 aromatic carbocycles. The predicted octanol–water partition coefficient (Wildman–Crippen LogP) is 8.34. The number of rotatable bonds is 4. The molecule has 11 heteroatoms. The molecule has 0 unspecified atom stereocenters. The summed E-state index contributed by atoms with van der Waals surface area (Å²) in [5, 5.41) is 19.1. The van der Waals surface area contributed by atoms with Crippen LogP contribution in [-0.2, 0) is 45.0 Å². The number of benzene rings is 3. The van der Waals surface area contributed by atoms with Crippen LogP contribution in [0.2, 0.25) is 0 Å². The van der Waals surface area contributed by atoms with Crippen LogP contribution in [0.15, 0.2) is 134 Å². The molecule has 6 rings (SSSR count). The van der Waals surface area contributed by atoms with Crippen molar-refractivity contribution in [2.24, 2.45) is 0 Å². The molecule has 7 nitrogen and oxygen atoms in total. The molecule has 0 aliphatic rings. The number of halogens is 2. The largest absolute Gasteiger partial charge is 0.512 e. The minimum Gasteiger partial charge on any atom is -0.512 e. The number of aliphatic hydroxyl groups excluding tert-OH is 1. The second-order valence-electron chi connectivity index (χ2n) is 9.33. The number of aromatic nitrogens is 3. The van der Waals surface area contributed by atoms with Gasteiger partial charge in [-0.05, 0) is 60.3 Å². The van der Waals surface area contributed by atoms with Crippen molar-refractivity contribution in [3.8, 4) is 22.5 Å². The van der Waals surface area contributed by atoms with Crippen LogP contribution in [0.3, 0.4) is 0 Å². The Bertz CT molecular complexity index is 1890. The molecule has 0 bridgehead atoms. The summed E-state index contributed by atoms with van der Waals surface area (Å²) >= 11 is 0. The summed E-state index contributed by atoms with van der Waals surface area (Å²) in [5.74, 6) is -2.34. The molecule has 0 saturated carbocycles. The number of carboxylic acid groups (broad SMARTS) is 1. The average molecular weight is 1000 g/mol. The molecular weight excluding hydrogens is 973 g/mol. The van der Waals surface area contributed by atoms with Crippen molar-refractivity contribution < 1.29 is 68.8 Å². The van der Waals surface area contributed by atoms with Gasteiger partial charge in [-0.2, -0.15) is 0 Å². The van der Waals surface area contributed by atoms with E-state index in [0.717, 1.165) is 23.4 Å². The molecule has 0 saturated heterocycles. The maximum atomic E-state index is 13.2. The molecule has 250 valence electrons. The Morgan fingerprint density at radius 1 is 0.750 bits per heavy atom. The number of nitrogens with zero attached hydrogens (tertiary/aromatic N) is 3. The average Bonchev–Trinajstić information content (AvgIpc) is 3.06. The van der Waals surface area contributed by atoms with E-state index in [4.69, 9.17) is 10.2 Å². The summed E-state index contributed by atoms with van der Waals surface area (Å²) < 4.78 is 25.8. The van der Waals surface area contributed by atoms with Crippen LogP contribution in [0, 0.1) is 23.8 Å². The van der Waals surface area contributed by atoms with Crippen molar-refractivity contribution in [3.63, 3.8) is 0 Å². The predicted molar refractivity (Wildman–Crippen MR) is 173 cm³/mol. The molecule has 0 aliphatic heterocycles. The van der Waals surface area contributed by atoms with E-state index in [1.54, 1.807) is 36.5 Å². The van der Waals surface area contributed by atoms with Crippen molar-refractivity contribution >= 4 is 22.5 Å². The Hall–Kier alpha value is -4.79. The first kappa shape index (κ1) is 41.2. The number of fused-ring (bicyclic) bond motifs is 1. The molecule has 0 aliphatic carbocycles. The van der Waals surface area contributed by atoms with E-state index < -0.39 is 17.6 Å². The molecule has 48 heavy (non-hydrogen) atoms. The zero-order valence-corrected chi connectivity index (χ0v) is 30.4. The van der Waals surface area contributed by atoms with Crippen LogP contribution in [0.1, 0.15) is 24.3 Å². The summed E-state index contributed by atoms with van der Waals surface area (Å²) in [4.78, 5) is 32.1. The zero-order valence-electron chi connectivity index (χ0n) is 25.6. The molecular formula is C37H29F2Ir2N3O4-2. The first-order valence-electron chi connectivity index (χ1n) is 13.8. The Balaban J connectivity index is 0.000000331. The smallest absolute Gasteiger partial charge is 0.354 e. The SMILES string of the molecule is CC(=O)C=C(C)O.Fc1c[c-]c(-c2ccccn2)c(F)c1.O=C(O)c1ccccn1.[Ir].[Ir].[c-]1ccccc1-c1nccc2ccccc12. The van der Waals surface area contributed by atoms with E-state index in [1.165, 1.54) is 43.0 Å². The molecule has 6 aromatic rings. The third-order valence-electron chi connectivity index (χ3n) is 5.71. The Kier molecular flexibility index (Phi) is 18.8. The van der Waals surface area contributed by atoms with E-state index >= 15 is 0 Å². The van der Waals surface area contributed by atoms with Crippen molar-refractivity contribution in [1.29, 1.82) is 0 Å². The van der Waals surface area contributed by atoms with Gasteiger partial charge in [-0.3, -0.25) is 13.6 Å². The van der Waals surface area contributed by atoms with Gasteiger partial charge in [-0.1, -0.05) is 54.1 Å². The van der Waals surface area contributed by atoms with Gasteiger partial charge >= 0.3 is 5.97 Å². The first-order valence-corrected chi connectivity index (χ1v) is 13.8. The number of hydrogen-bond donors (Lipinski definition) is 2. The maximum Gasteiger partial charge on any atom is 0.354 e. The third-order valence-corrected chi connectivity index (χ3v) is 5.71. The number of hydrogen-bond acceptors (Lipinski definition) is 6. The van der Waals surface area contributed by atoms with Crippen molar-refractivity contribution in [1.82, 2.24) is 15.0 Å². The molecule has 3 aromatic heterocycles. The number of carbonyl (C=O) groups is 2. The van der Waals surface area contributed by atoms with Crippen LogP contribution < -0.4 is 0 Å². The van der Waals surface area contributed by atoms with Gasteiger partial charge in [-0.15, -0.1) is 48.0 Å². The molecule has 0 atom stereocenters. The summed E-state index contributed by atoms with van der Waals surface area (Å²) in [7, 11) is 0. The van der Waals surface area contributed by atoms with Gasteiger partial charge in [0.1, 0.15) is 5.69 Å². The van der Waals surface area contributed by atoms with E-state index in [1.807, 2.05) is 48.7 Å². The Labute approximate surface area is 304 Å². The molecule has 2 radical (unpaired) electrons. The van der Waals surface area contributed by atoms with Crippen LogP contribution in [0.5, 0.6) is 0 Å². The van der Waals surface area contributed by atoms with Crippen LogP contribution in [0.25, 0.3) is 33.3 Å². The van der Waals surface area contributed by atoms with Gasteiger partial charge in [0.15, 0.2) is 5.78 Å². The van der Waals surface area contributed by atoms with Gasteiger partial charge in [0.2, 0.25) is 0 Å². The number of carbonyl (C=O) groups excluding carboxylic acids is 1. The summed E-state index contributed by atoms with van der Waals surface area (Å²) in [6.07, 6.45) is 6.01. The van der Waals surface area contributed by atoms with Gasteiger partial charge in [-0.25, -0.2) is 9.78 Å². The molecule has 0 spiro atoms. The van der Waals surface area contributed by atoms with Crippen LogP contribution in [0.4, 0.5) is 8.78 Å². The minimum atomic E-state index is -0.990. The first-order chi connectivity index (χ1) is 22.2. The maximum absolute atomic E-state index is 13.2. The van der Waals surface area contributed by atoms with E-state index in [2.05, 4.69) is 39.2 Å². The van der Waals surface area contributed by atoms with E-state index in [0.29, 0.717) is 5.69 Å². The number of pyridine rings is 3. The number of aromatic carboxylic acids is 1. The molecule has 0 amide bonds. The number of allylic oxidation sites excluding steroid dienone is 2. The third kappa shape index (κ3) is 13.9. The number of carboxylic acids is 1. The van der Waals surface area contributed by atoms with Gasteiger partial charge < -0.3 is 20.2 Å². The molecule has 2 N–H and O–H groups in total. The quantitative estimate of drug-likeness (QED) is 0.104. The minimum absolute atomic E-state index is 0. The van der Waals surface area contributed by atoms with Crippen molar-refractivity contribution in [2.75, 3.05) is 0 Å². The summed E-state index contributed by atoms with van der Waals surface area (Å²) in [6, 6.07) is 35.7. The van der Waals surface area contributed by atoms with Crippen molar-refractivity contribution in [3.05, 3.63) is 163 Å². The topological polar surface area (TPSA) is 113 Å². The monoisotopic (exact) mass is 1000 g/mol. The summed E-state index contributed by atoms with van der Waals surface area (Å²) in [6.45, 7) is 2.85. The molecule has 3 heterocycles. The standard InChI is InChI=1S/C15H10N.C11H6F2N.C6H5NO2.C5H8O2.2Ir/c1-2-7-13(8-3-1)15-14-9-5-4-6-12(14)10-11-16-15;12-8-4-5-9(10(13)7-8)11-3-1-2-6-14-11;8-6(9)5-3-1-2-4-7-5;1-4(6)3-5(2)7;;/h1-7,9-11H;1-4,6-7H;1-4H,(H,8,9);3,6H,1-2H3;;/q2*-1;;;;. The fourth-order valence-electron chi connectivity index (χ4n) is 3.81. The van der Waals surface area contributed by atoms with Gasteiger partial charge in [0.25, 0.3) is 0 Å². The number of ketones is 1. The zero-order chi connectivity index (χ0) is 33.3. The second kappa shape index (κ2) is 21.9. The molecule has 0 fully saturated rings. The Morgan fingerprint density at radius 3 is 1.94 bits per heavy atom. The van der Waals surface area contributed by atoms with Gasteiger partial charge in [0.05, 0.1) is 5.76 Å². The van der Waals surface area contributed by atoms with E-state index in [-0.39, 0.29) is 63.0 Å². The Morgan fingerprint density at radius 2 is 1.42 bits per heavy atom. The van der Waals surface area contributed by atoms with E-state index in [9.17, 15) is 18.4 Å². The fourth-order valence-corrected chi connectivity index (χ4v) is 3.81. The van der Waals surface area contributed by atoms with Crippen LogP contribution >= 0.6 is 0 Å². The van der Waals surface area contributed by atoms with Crippen LogP contribution in [-0.4, -0.2) is 36.9 Å². The number of aliphatic hydroxyl groups is 1. The fraction of sp³-hybridized carbons (Fsp3) is 0.0541. The second-order valence-corrected chi connectivity index (χ2v) is 9.33.